The molecule has 0 fully saturated rings. The number of rotatable bonds is 16. The summed E-state index contributed by atoms with van der Waals surface area (Å²) in [5.41, 5.74) is 7.36. The molecule has 0 aromatic heterocycles. The maximum absolute atomic E-state index is 7.34. The lowest BCUT2D eigenvalue weighted by atomic mass is 9.76. The van der Waals surface area contributed by atoms with Crippen LogP contribution in [0.2, 0.25) is 20.1 Å². The van der Waals surface area contributed by atoms with E-state index in [0.717, 1.165) is 59.3 Å². The normalized spacial score (nSPS) is 13.3. The zero-order chi connectivity index (χ0) is 32.5. The van der Waals surface area contributed by atoms with Gasteiger partial charge in [-0.05, 0) is 102 Å². The fraction of sp³-hybridized carbons (Fsp3) is 0.415. The predicted molar refractivity (Wildman–Crippen MR) is 201 cm³/mol. The standard InChI is InChI=1S/C41H46Cl4O/c1-3-5-7-9-11-13-19-41(20-14-12-10-8-6-4-2)39-25-29(31-21-33(42)27-34(43)22-31)15-17-37(39)38-18-16-30(26-40(38)46-41)32-23-35(44)28-36(45)24-32/h15-18,21-28H,3-14,19-20H2,1-2H3. The van der Waals surface area contributed by atoms with Crippen molar-refractivity contribution in [3.05, 3.63) is 98.5 Å². The Bertz CT molecular complexity index is 1550. The lowest BCUT2D eigenvalue weighted by molar-refractivity contribution is 0.0386. The van der Waals surface area contributed by atoms with Gasteiger partial charge in [0.2, 0.25) is 0 Å². The highest BCUT2D eigenvalue weighted by Gasteiger charge is 2.40. The van der Waals surface area contributed by atoms with E-state index >= 15 is 0 Å². The van der Waals surface area contributed by atoms with Gasteiger partial charge in [-0.2, -0.15) is 0 Å². The first-order chi connectivity index (χ1) is 22.3. The van der Waals surface area contributed by atoms with Crippen molar-refractivity contribution >= 4 is 46.4 Å². The second-order valence-electron chi connectivity index (χ2n) is 12.9. The van der Waals surface area contributed by atoms with Crippen LogP contribution >= 0.6 is 46.4 Å². The molecule has 1 aliphatic heterocycles. The molecule has 0 N–H and O–H groups in total. The average Bonchev–Trinajstić information content (AvgIpc) is 3.03. The first-order valence-electron chi connectivity index (χ1n) is 17.2. The summed E-state index contributed by atoms with van der Waals surface area (Å²) in [6.45, 7) is 4.55. The molecule has 0 unspecified atom stereocenters. The Morgan fingerprint density at radius 3 is 1.39 bits per heavy atom. The molecule has 5 heteroatoms. The Hall–Kier alpha value is -2.16. The zero-order valence-electron chi connectivity index (χ0n) is 27.2. The van der Waals surface area contributed by atoms with Gasteiger partial charge in [-0.3, -0.25) is 0 Å². The zero-order valence-corrected chi connectivity index (χ0v) is 30.3. The molecule has 0 amide bonds. The van der Waals surface area contributed by atoms with Crippen molar-refractivity contribution < 1.29 is 4.74 Å². The van der Waals surface area contributed by atoms with Gasteiger partial charge in [0.25, 0.3) is 0 Å². The van der Waals surface area contributed by atoms with Crippen LogP contribution in [0.4, 0.5) is 0 Å². The molecular formula is C41H46Cl4O. The predicted octanol–water partition coefficient (Wildman–Crippen LogP) is 15.4. The molecule has 0 saturated heterocycles. The van der Waals surface area contributed by atoms with Crippen molar-refractivity contribution in [3.63, 3.8) is 0 Å². The molecule has 1 heterocycles. The monoisotopic (exact) mass is 694 g/mol. The number of benzene rings is 4. The quantitative estimate of drug-likeness (QED) is 0.106. The topological polar surface area (TPSA) is 9.23 Å². The fourth-order valence-corrected chi connectivity index (χ4v) is 7.98. The van der Waals surface area contributed by atoms with Crippen molar-refractivity contribution in [3.8, 4) is 39.1 Å². The first kappa shape index (κ1) is 35.2. The third-order valence-corrected chi connectivity index (χ3v) is 10.2. The summed E-state index contributed by atoms with van der Waals surface area (Å²) in [5.74, 6) is 0.927. The molecule has 0 radical (unpaired) electrons. The summed E-state index contributed by atoms with van der Waals surface area (Å²) < 4.78 is 7.34. The van der Waals surface area contributed by atoms with Gasteiger partial charge in [-0.15, -0.1) is 0 Å². The molecule has 4 aromatic rings. The second-order valence-corrected chi connectivity index (χ2v) is 14.7. The van der Waals surface area contributed by atoms with E-state index in [0.29, 0.717) is 20.1 Å². The number of halogens is 4. The third kappa shape index (κ3) is 8.84. The van der Waals surface area contributed by atoms with E-state index in [-0.39, 0.29) is 0 Å². The smallest absolute Gasteiger partial charge is 0.135 e. The van der Waals surface area contributed by atoms with E-state index in [1.54, 1.807) is 12.1 Å². The van der Waals surface area contributed by atoms with E-state index in [1.807, 2.05) is 24.3 Å². The molecule has 0 aliphatic carbocycles. The minimum Gasteiger partial charge on any atom is -0.482 e. The molecule has 1 nitrogen and oxygen atoms in total. The van der Waals surface area contributed by atoms with Crippen LogP contribution < -0.4 is 4.74 Å². The Kier molecular flexibility index (Phi) is 12.8. The van der Waals surface area contributed by atoms with Crippen molar-refractivity contribution in [2.24, 2.45) is 0 Å². The summed E-state index contributed by atoms with van der Waals surface area (Å²) in [6, 6.07) is 24.8. The molecule has 0 atom stereocenters. The number of fused-ring (bicyclic) bond motifs is 3. The van der Waals surface area contributed by atoms with Crippen LogP contribution in [0, 0.1) is 0 Å². The highest BCUT2D eigenvalue weighted by molar-refractivity contribution is 6.35. The summed E-state index contributed by atoms with van der Waals surface area (Å²) in [7, 11) is 0. The number of ether oxygens (including phenoxy) is 1. The van der Waals surface area contributed by atoms with Crippen LogP contribution in [0.5, 0.6) is 5.75 Å². The maximum atomic E-state index is 7.34. The molecule has 0 spiro atoms. The molecule has 1 aliphatic rings. The number of unbranched alkanes of at least 4 members (excludes halogenated alkanes) is 10. The van der Waals surface area contributed by atoms with Gasteiger partial charge in [-0.1, -0.05) is 149 Å². The highest BCUT2D eigenvalue weighted by atomic mass is 35.5. The van der Waals surface area contributed by atoms with Gasteiger partial charge in [0, 0.05) is 31.2 Å². The van der Waals surface area contributed by atoms with E-state index < -0.39 is 5.60 Å². The molecule has 0 bridgehead atoms. The van der Waals surface area contributed by atoms with E-state index in [9.17, 15) is 0 Å². The van der Waals surface area contributed by atoms with Crippen LogP contribution in [-0.4, -0.2) is 0 Å². The van der Waals surface area contributed by atoms with Crippen molar-refractivity contribution in [2.45, 2.75) is 109 Å². The summed E-state index contributed by atoms with van der Waals surface area (Å²) in [6.07, 6.45) is 16.9. The lowest BCUT2D eigenvalue weighted by Gasteiger charge is -2.41. The van der Waals surface area contributed by atoms with Gasteiger partial charge in [0.1, 0.15) is 11.4 Å². The minimum atomic E-state index is -0.430. The van der Waals surface area contributed by atoms with Gasteiger partial charge >= 0.3 is 0 Å². The Morgan fingerprint density at radius 1 is 0.457 bits per heavy atom. The third-order valence-electron chi connectivity index (χ3n) is 9.35. The van der Waals surface area contributed by atoms with Crippen molar-refractivity contribution in [1.82, 2.24) is 0 Å². The van der Waals surface area contributed by atoms with Crippen molar-refractivity contribution in [1.29, 1.82) is 0 Å². The minimum absolute atomic E-state index is 0.430. The second kappa shape index (κ2) is 16.8. The molecule has 4 aromatic carbocycles. The van der Waals surface area contributed by atoms with Crippen LogP contribution in [-0.2, 0) is 5.60 Å². The Labute approximate surface area is 296 Å². The molecule has 46 heavy (non-hydrogen) atoms. The van der Waals surface area contributed by atoms with Crippen LogP contribution in [0.1, 0.15) is 109 Å². The van der Waals surface area contributed by atoms with Crippen LogP contribution in [0.15, 0.2) is 72.8 Å². The summed E-state index contributed by atoms with van der Waals surface area (Å²) in [5, 5.41) is 2.53. The first-order valence-corrected chi connectivity index (χ1v) is 18.7. The van der Waals surface area contributed by atoms with Gasteiger partial charge < -0.3 is 4.74 Å². The van der Waals surface area contributed by atoms with Gasteiger partial charge in [-0.25, -0.2) is 0 Å². The van der Waals surface area contributed by atoms with Crippen LogP contribution in [0.25, 0.3) is 33.4 Å². The van der Waals surface area contributed by atoms with E-state index in [4.69, 9.17) is 51.1 Å². The highest BCUT2D eigenvalue weighted by Crippen LogP contribution is 2.52. The molecular weight excluding hydrogens is 650 g/mol. The van der Waals surface area contributed by atoms with Crippen LogP contribution in [0.3, 0.4) is 0 Å². The van der Waals surface area contributed by atoms with Gasteiger partial charge in [0.15, 0.2) is 0 Å². The fourth-order valence-electron chi connectivity index (χ4n) is 6.93. The SMILES string of the molecule is CCCCCCCCC1(CCCCCCCC)Oc2cc(-c3cc(Cl)cc(Cl)c3)ccc2-c2ccc(-c3cc(Cl)cc(Cl)c3)cc21. The summed E-state index contributed by atoms with van der Waals surface area (Å²) in [4.78, 5) is 0. The van der Waals surface area contributed by atoms with Gasteiger partial charge in [0.05, 0.1) is 0 Å². The largest absolute Gasteiger partial charge is 0.482 e. The summed E-state index contributed by atoms with van der Waals surface area (Å²) >= 11 is 25.8. The van der Waals surface area contributed by atoms with E-state index in [1.165, 1.54) is 75.3 Å². The van der Waals surface area contributed by atoms with Crippen molar-refractivity contribution in [2.75, 3.05) is 0 Å². The number of hydrogen-bond donors (Lipinski definition) is 0. The number of hydrogen-bond acceptors (Lipinski definition) is 1. The maximum Gasteiger partial charge on any atom is 0.135 e. The molecule has 5 rings (SSSR count). The van der Waals surface area contributed by atoms with E-state index in [2.05, 4.69) is 50.2 Å². The Balaban J connectivity index is 1.58. The average molecular weight is 697 g/mol. The molecule has 244 valence electrons. The lowest BCUT2D eigenvalue weighted by Crippen LogP contribution is -2.36. The molecule has 0 saturated carbocycles. The Morgan fingerprint density at radius 2 is 0.891 bits per heavy atom.